The van der Waals surface area contributed by atoms with Crippen molar-refractivity contribution in [3.05, 3.63) is 34.3 Å². The van der Waals surface area contributed by atoms with Crippen LogP contribution >= 0.6 is 15.9 Å². The molecular formula is C14H16BrNO3. The van der Waals surface area contributed by atoms with E-state index >= 15 is 0 Å². The van der Waals surface area contributed by atoms with Crippen LogP contribution in [-0.4, -0.2) is 25.5 Å². The number of hydrogen-bond donors (Lipinski definition) is 1. The number of ether oxygens (including phenoxy) is 1. The van der Waals surface area contributed by atoms with E-state index in [2.05, 4.69) is 26.0 Å². The number of rotatable bonds is 5. The lowest BCUT2D eigenvalue weighted by molar-refractivity contribution is -0.140. The van der Waals surface area contributed by atoms with Gasteiger partial charge in [-0.3, -0.25) is 9.59 Å². The minimum Gasteiger partial charge on any atom is -0.469 e. The van der Waals surface area contributed by atoms with E-state index in [1.807, 2.05) is 24.3 Å². The molecule has 1 fully saturated rings. The molecule has 2 unspecified atom stereocenters. The van der Waals surface area contributed by atoms with Crippen LogP contribution in [0.4, 0.5) is 0 Å². The molecule has 1 saturated carbocycles. The summed E-state index contributed by atoms with van der Waals surface area (Å²) in [5, 5.41) is 2.77. The lowest BCUT2D eigenvalue weighted by Crippen LogP contribution is -2.28. The van der Waals surface area contributed by atoms with Crippen LogP contribution in [0.15, 0.2) is 28.7 Å². The molecule has 0 saturated heterocycles. The number of hydrogen-bond acceptors (Lipinski definition) is 3. The second kappa shape index (κ2) is 6.19. The number of esters is 1. The maximum absolute atomic E-state index is 11.9. The third-order valence-corrected chi connectivity index (χ3v) is 4.01. The molecule has 102 valence electrons. The van der Waals surface area contributed by atoms with Gasteiger partial charge in [-0.1, -0.05) is 34.1 Å². The molecule has 1 aliphatic carbocycles. The fourth-order valence-electron chi connectivity index (χ4n) is 2.13. The van der Waals surface area contributed by atoms with Gasteiger partial charge in [0, 0.05) is 16.9 Å². The van der Waals surface area contributed by atoms with Crippen molar-refractivity contribution in [3.8, 4) is 0 Å². The Morgan fingerprint density at radius 1 is 1.42 bits per heavy atom. The third-order valence-electron chi connectivity index (χ3n) is 3.29. The molecule has 0 spiro atoms. The SMILES string of the molecule is COC(=O)CCNC(=O)C1CC1c1ccccc1Br. The van der Waals surface area contributed by atoms with E-state index < -0.39 is 0 Å². The summed E-state index contributed by atoms with van der Waals surface area (Å²) in [4.78, 5) is 22.8. The third kappa shape index (κ3) is 3.56. The first-order valence-electron chi connectivity index (χ1n) is 6.22. The van der Waals surface area contributed by atoms with Gasteiger partial charge in [0.15, 0.2) is 0 Å². The monoisotopic (exact) mass is 325 g/mol. The van der Waals surface area contributed by atoms with Gasteiger partial charge in [-0.05, 0) is 24.0 Å². The lowest BCUT2D eigenvalue weighted by Gasteiger charge is -2.05. The van der Waals surface area contributed by atoms with Gasteiger partial charge in [0.1, 0.15) is 0 Å². The van der Waals surface area contributed by atoms with Crippen molar-refractivity contribution in [1.82, 2.24) is 5.32 Å². The Morgan fingerprint density at radius 3 is 2.84 bits per heavy atom. The van der Waals surface area contributed by atoms with Crippen LogP contribution in [0.3, 0.4) is 0 Å². The van der Waals surface area contributed by atoms with Gasteiger partial charge < -0.3 is 10.1 Å². The van der Waals surface area contributed by atoms with Crippen molar-refractivity contribution in [2.75, 3.05) is 13.7 Å². The average Bonchev–Trinajstić information content (AvgIpc) is 3.19. The number of amides is 1. The zero-order chi connectivity index (χ0) is 13.8. The first-order valence-corrected chi connectivity index (χ1v) is 7.01. The molecule has 0 heterocycles. The Morgan fingerprint density at radius 2 is 2.16 bits per heavy atom. The number of nitrogens with one attached hydrogen (secondary N) is 1. The molecule has 1 aromatic carbocycles. The smallest absolute Gasteiger partial charge is 0.307 e. The van der Waals surface area contributed by atoms with Crippen molar-refractivity contribution in [2.24, 2.45) is 5.92 Å². The lowest BCUT2D eigenvalue weighted by atomic mass is 10.1. The zero-order valence-electron chi connectivity index (χ0n) is 10.7. The summed E-state index contributed by atoms with van der Waals surface area (Å²) < 4.78 is 5.56. The van der Waals surface area contributed by atoms with E-state index in [0.717, 1.165) is 10.9 Å². The molecule has 2 rings (SSSR count). The van der Waals surface area contributed by atoms with Crippen molar-refractivity contribution in [2.45, 2.75) is 18.8 Å². The predicted molar refractivity (Wildman–Crippen MR) is 74.6 cm³/mol. The summed E-state index contributed by atoms with van der Waals surface area (Å²) in [6.07, 6.45) is 1.08. The van der Waals surface area contributed by atoms with Crippen LogP contribution in [0.1, 0.15) is 24.3 Å². The topological polar surface area (TPSA) is 55.4 Å². The maximum atomic E-state index is 11.9. The molecule has 1 aromatic rings. The summed E-state index contributed by atoms with van der Waals surface area (Å²) >= 11 is 3.50. The Balaban J connectivity index is 1.81. The second-order valence-corrected chi connectivity index (χ2v) is 5.44. The predicted octanol–water partition coefficient (Wildman–Crippen LogP) is 2.23. The molecule has 0 aromatic heterocycles. The average molecular weight is 326 g/mol. The highest BCUT2D eigenvalue weighted by Crippen LogP contribution is 2.49. The zero-order valence-corrected chi connectivity index (χ0v) is 12.3. The van der Waals surface area contributed by atoms with Crippen molar-refractivity contribution < 1.29 is 14.3 Å². The highest BCUT2D eigenvalue weighted by molar-refractivity contribution is 9.10. The summed E-state index contributed by atoms with van der Waals surface area (Å²) in [6.45, 7) is 0.338. The quantitative estimate of drug-likeness (QED) is 0.844. The minimum atomic E-state index is -0.307. The minimum absolute atomic E-state index is 0.0182. The van der Waals surface area contributed by atoms with Crippen LogP contribution in [0.5, 0.6) is 0 Å². The van der Waals surface area contributed by atoms with E-state index in [-0.39, 0.29) is 30.1 Å². The largest absolute Gasteiger partial charge is 0.469 e. The standard InChI is InChI=1S/C14H16BrNO3/c1-19-13(17)6-7-16-14(18)11-8-10(11)9-4-2-3-5-12(9)15/h2-5,10-11H,6-8H2,1H3,(H,16,18). The Labute approximate surface area is 120 Å². The summed E-state index contributed by atoms with van der Waals surface area (Å²) in [5.41, 5.74) is 1.18. The van der Waals surface area contributed by atoms with E-state index in [0.29, 0.717) is 6.54 Å². The van der Waals surface area contributed by atoms with E-state index in [4.69, 9.17) is 0 Å². The number of benzene rings is 1. The molecular weight excluding hydrogens is 310 g/mol. The molecule has 0 aliphatic heterocycles. The number of methoxy groups -OCH3 is 1. The van der Waals surface area contributed by atoms with Gasteiger partial charge in [-0.25, -0.2) is 0 Å². The van der Waals surface area contributed by atoms with Crippen molar-refractivity contribution >= 4 is 27.8 Å². The molecule has 0 radical (unpaired) electrons. The number of carbonyl (C=O) groups is 2. The van der Waals surface area contributed by atoms with Crippen molar-refractivity contribution in [3.63, 3.8) is 0 Å². The van der Waals surface area contributed by atoms with Crippen LogP contribution in [0.2, 0.25) is 0 Å². The molecule has 19 heavy (non-hydrogen) atoms. The van der Waals surface area contributed by atoms with Crippen molar-refractivity contribution in [1.29, 1.82) is 0 Å². The molecule has 5 heteroatoms. The highest BCUT2D eigenvalue weighted by atomic mass is 79.9. The van der Waals surface area contributed by atoms with Gasteiger partial charge in [-0.15, -0.1) is 0 Å². The highest BCUT2D eigenvalue weighted by Gasteiger charge is 2.44. The molecule has 2 atom stereocenters. The summed E-state index contributed by atoms with van der Waals surface area (Å²) in [7, 11) is 1.34. The van der Waals surface area contributed by atoms with Gasteiger partial charge in [0.2, 0.25) is 5.91 Å². The number of carbonyl (C=O) groups excluding carboxylic acids is 2. The van der Waals surface area contributed by atoms with E-state index in [1.54, 1.807) is 0 Å². The molecule has 4 nitrogen and oxygen atoms in total. The van der Waals surface area contributed by atoms with Crippen LogP contribution in [0.25, 0.3) is 0 Å². The van der Waals surface area contributed by atoms with Crippen LogP contribution < -0.4 is 5.32 Å². The fraction of sp³-hybridized carbons (Fsp3) is 0.429. The van der Waals surface area contributed by atoms with E-state index in [1.165, 1.54) is 12.7 Å². The number of halogens is 1. The van der Waals surface area contributed by atoms with Gasteiger partial charge in [0.25, 0.3) is 0 Å². The first kappa shape index (κ1) is 14.1. The molecule has 1 N–H and O–H groups in total. The molecule has 0 bridgehead atoms. The Bertz CT molecular complexity index is 489. The van der Waals surface area contributed by atoms with Gasteiger partial charge in [0.05, 0.1) is 13.5 Å². The first-order chi connectivity index (χ1) is 9.13. The Kier molecular flexibility index (Phi) is 4.58. The van der Waals surface area contributed by atoms with E-state index in [9.17, 15) is 9.59 Å². The molecule has 1 aliphatic rings. The van der Waals surface area contributed by atoms with Crippen LogP contribution in [-0.2, 0) is 14.3 Å². The summed E-state index contributed by atoms with van der Waals surface area (Å²) in [6, 6.07) is 7.96. The normalized spacial score (nSPS) is 20.7. The maximum Gasteiger partial charge on any atom is 0.307 e. The van der Waals surface area contributed by atoms with Gasteiger partial charge in [-0.2, -0.15) is 0 Å². The van der Waals surface area contributed by atoms with Gasteiger partial charge >= 0.3 is 5.97 Å². The molecule has 1 amide bonds. The Hall–Kier alpha value is -1.36. The second-order valence-electron chi connectivity index (χ2n) is 4.59. The van der Waals surface area contributed by atoms with Crippen LogP contribution in [0, 0.1) is 5.92 Å². The summed E-state index contributed by atoms with van der Waals surface area (Å²) in [5.74, 6) is 0.0214. The fourth-order valence-corrected chi connectivity index (χ4v) is 2.70.